The molecule has 0 aliphatic heterocycles. The molecule has 0 amide bonds. The van der Waals surface area contributed by atoms with E-state index < -0.39 is 0 Å². The van der Waals surface area contributed by atoms with E-state index >= 15 is 0 Å². The number of rotatable bonds is 6. The Morgan fingerprint density at radius 1 is 0.315 bits per heavy atom. The molecule has 0 saturated heterocycles. The second kappa shape index (κ2) is 13.3. The summed E-state index contributed by atoms with van der Waals surface area (Å²) in [6, 6.07) is 57.4. The average molecular weight is 690 g/mol. The molecule has 6 aromatic carbocycles. The van der Waals surface area contributed by atoms with Crippen LogP contribution in [0.4, 0.5) is 0 Å². The number of benzene rings is 6. The Kier molecular flexibility index (Phi) is 7.73. The molecule has 0 unspecified atom stereocenters. The Morgan fingerprint density at radius 3 is 1.61 bits per heavy atom. The van der Waals surface area contributed by atoms with Crippen LogP contribution in [0.25, 0.3) is 99.9 Å². The first-order valence-electron chi connectivity index (χ1n) is 18.0. The molecule has 0 saturated carbocycles. The van der Waals surface area contributed by atoms with Crippen LogP contribution in [0.3, 0.4) is 0 Å². The molecule has 10 rings (SSSR count). The smallest absolute Gasteiger partial charge is 0.160 e. The van der Waals surface area contributed by atoms with E-state index in [-0.39, 0.29) is 0 Å². The maximum absolute atomic E-state index is 5.14. The van der Waals surface area contributed by atoms with Crippen molar-refractivity contribution in [3.8, 4) is 67.4 Å². The standard InChI is InChI=1S/C49H31N5/c1-2-9-35(10-3-1)45-30-43(48-39-11-5-4-8-32(39)18-21-44(48)52-45)34-16-14-33(15-17-34)38-19-20-42(41-13-7-6-12-40(38)41)47-31-46(36-22-26-50-27-23-36)53-49(54-47)37-24-28-51-29-25-37/h1-31H. The molecule has 10 aromatic rings. The van der Waals surface area contributed by atoms with Gasteiger partial charge in [0, 0.05) is 52.4 Å². The fourth-order valence-corrected chi connectivity index (χ4v) is 7.48. The van der Waals surface area contributed by atoms with Crippen molar-refractivity contribution in [1.82, 2.24) is 24.9 Å². The van der Waals surface area contributed by atoms with Crippen LogP contribution in [0.15, 0.2) is 189 Å². The predicted molar refractivity (Wildman–Crippen MR) is 221 cm³/mol. The van der Waals surface area contributed by atoms with Crippen LogP contribution >= 0.6 is 0 Å². The highest BCUT2D eigenvalue weighted by Gasteiger charge is 2.16. The summed E-state index contributed by atoms with van der Waals surface area (Å²) in [5.41, 5.74) is 12.3. The molecule has 0 aliphatic rings. The van der Waals surface area contributed by atoms with E-state index in [2.05, 4.69) is 143 Å². The zero-order valence-electron chi connectivity index (χ0n) is 29.1. The molecule has 4 aromatic heterocycles. The first kappa shape index (κ1) is 31.4. The van der Waals surface area contributed by atoms with E-state index in [4.69, 9.17) is 15.0 Å². The largest absolute Gasteiger partial charge is 0.265 e. The van der Waals surface area contributed by atoms with Crippen LogP contribution in [0, 0.1) is 0 Å². The monoisotopic (exact) mass is 689 g/mol. The molecule has 0 aliphatic carbocycles. The lowest BCUT2D eigenvalue weighted by Gasteiger charge is -2.15. The fraction of sp³-hybridized carbons (Fsp3) is 0. The first-order valence-corrected chi connectivity index (χ1v) is 18.0. The third-order valence-electron chi connectivity index (χ3n) is 10.1. The van der Waals surface area contributed by atoms with Crippen LogP contribution in [0.5, 0.6) is 0 Å². The molecule has 0 N–H and O–H groups in total. The normalized spacial score (nSPS) is 11.3. The van der Waals surface area contributed by atoms with Crippen molar-refractivity contribution in [2.75, 3.05) is 0 Å². The first-order chi connectivity index (χ1) is 26.8. The highest BCUT2D eigenvalue weighted by Crippen LogP contribution is 2.40. The van der Waals surface area contributed by atoms with Crippen LogP contribution < -0.4 is 0 Å². The second-order valence-corrected chi connectivity index (χ2v) is 13.3. The van der Waals surface area contributed by atoms with E-state index in [1.807, 2.05) is 30.3 Å². The maximum Gasteiger partial charge on any atom is 0.160 e. The quantitative estimate of drug-likeness (QED) is 0.163. The van der Waals surface area contributed by atoms with Gasteiger partial charge in [-0.2, -0.15) is 0 Å². The molecule has 0 atom stereocenters. The number of aromatic nitrogens is 5. The van der Waals surface area contributed by atoms with E-state index in [1.165, 1.54) is 16.3 Å². The highest BCUT2D eigenvalue weighted by molar-refractivity contribution is 6.14. The molecule has 5 nitrogen and oxygen atoms in total. The van der Waals surface area contributed by atoms with Crippen LogP contribution in [0.2, 0.25) is 0 Å². The van der Waals surface area contributed by atoms with Crippen molar-refractivity contribution in [3.63, 3.8) is 0 Å². The lowest BCUT2D eigenvalue weighted by atomic mass is 9.91. The van der Waals surface area contributed by atoms with Gasteiger partial charge in [-0.25, -0.2) is 15.0 Å². The third-order valence-corrected chi connectivity index (χ3v) is 10.1. The number of fused-ring (bicyclic) bond motifs is 4. The van der Waals surface area contributed by atoms with Crippen molar-refractivity contribution >= 4 is 32.4 Å². The molecular formula is C49H31N5. The number of pyridine rings is 3. The van der Waals surface area contributed by atoms with Crippen LogP contribution in [0.1, 0.15) is 0 Å². The van der Waals surface area contributed by atoms with Gasteiger partial charge in [0.15, 0.2) is 5.82 Å². The molecule has 0 radical (unpaired) electrons. The topological polar surface area (TPSA) is 64.5 Å². The van der Waals surface area contributed by atoms with Gasteiger partial charge < -0.3 is 0 Å². The molecule has 252 valence electrons. The lowest BCUT2D eigenvalue weighted by Crippen LogP contribution is -1.97. The number of hydrogen-bond acceptors (Lipinski definition) is 5. The molecule has 0 spiro atoms. The van der Waals surface area contributed by atoms with E-state index in [1.54, 1.807) is 24.8 Å². The summed E-state index contributed by atoms with van der Waals surface area (Å²) in [6.07, 6.45) is 7.13. The van der Waals surface area contributed by atoms with E-state index in [9.17, 15) is 0 Å². The van der Waals surface area contributed by atoms with Gasteiger partial charge in [-0.15, -0.1) is 0 Å². The second-order valence-electron chi connectivity index (χ2n) is 13.3. The van der Waals surface area contributed by atoms with Crippen molar-refractivity contribution in [2.24, 2.45) is 0 Å². The van der Waals surface area contributed by atoms with Gasteiger partial charge in [0.25, 0.3) is 0 Å². The Hall–Kier alpha value is -7.37. The number of hydrogen-bond donors (Lipinski definition) is 0. The van der Waals surface area contributed by atoms with Crippen LogP contribution in [-0.2, 0) is 0 Å². The van der Waals surface area contributed by atoms with Gasteiger partial charge in [-0.3, -0.25) is 9.97 Å². The summed E-state index contributed by atoms with van der Waals surface area (Å²) in [4.78, 5) is 23.7. The summed E-state index contributed by atoms with van der Waals surface area (Å²) in [5.74, 6) is 0.650. The predicted octanol–water partition coefficient (Wildman–Crippen LogP) is 12.1. The number of nitrogens with zero attached hydrogens (tertiary/aromatic N) is 5. The molecule has 0 fully saturated rings. The molecular weight excluding hydrogens is 659 g/mol. The summed E-state index contributed by atoms with van der Waals surface area (Å²) in [7, 11) is 0. The lowest BCUT2D eigenvalue weighted by molar-refractivity contribution is 1.17. The molecule has 54 heavy (non-hydrogen) atoms. The summed E-state index contributed by atoms with van der Waals surface area (Å²) in [5, 5.41) is 5.85. The summed E-state index contributed by atoms with van der Waals surface area (Å²) >= 11 is 0. The van der Waals surface area contributed by atoms with Crippen LogP contribution in [-0.4, -0.2) is 24.9 Å². The summed E-state index contributed by atoms with van der Waals surface area (Å²) in [6.45, 7) is 0. The van der Waals surface area contributed by atoms with Gasteiger partial charge in [0.1, 0.15) is 0 Å². The van der Waals surface area contributed by atoms with Crippen molar-refractivity contribution in [3.05, 3.63) is 189 Å². The molecule has 4 heterocycles. The summed E-state index contributed by atoms with van der Waals surface area (Å²) < 4.78 is 0. The van der Waals surface area contributed by atoms with E-state index in [0.717, 1.165) is 77.7 Å². The van der Waals surface area contributed by atoms with Gasteiger partial charge in [0.05, 0.1) is 22.6 Å². The van der Waals surface area contributed by atoms with Crippen molar-refractivity contribution < 1.29 is 0 Å². The Morgan fingerprint density at radius 2 is 0.870 bits per heavy atom. The Balaban J connectivity index is 1.10. The van der Waals surface area contributed by atoms with Crippen molar-refractivity contribution in [2.45, 2.75) is 0 Å². The van der Waals surface area contributed by atoms with Gasteiger partial charge in [-0.05, 0) is 86.3 Å². The van der Waals surface area contributed by atoms with Gasteiger partial charge >= 0.3 is 0 Å². The minimum Gasteiger partial charge on any atom is -0.265 e. The SMILES string of the molecule is c1ccc(-c2cc(-c3ccc(-c4ccc(-c5cc(-c6ccncc6)nc(-c6ccncc6)n5)c5ccccc45)cc3)c3c(ccc4ccccc43)n2)cc1. The zero-order chi connectivity index (χ0) is 35.8. The van der Waals surface area contributed by atoms with E-state index in [0.29, 0.717) is 5.82 Å². The average Bonchev–Trinajstić information content (AvgIpc) is 3.26. The maximum atomic E-state index is 5.14. The van der Waals surface area contributed by atoms with Crippen molar-refractivity contribution in [1.29, 1.82) is 0 Å². The highest BCUT2D eigenvalue weighted by atomic mass is 14.9. The molecule has 5 heteroatoms. The van der Waals surface area contributed by atoms with Gasteiger partial charge in [-0.1, -0.05) is 121 Å². The van der Waals surface area contributed by atoms with Gasteiger partial charge in [0.2, 0.25) is 0 Å². The zero-order valence-corrected chi connectivity index (χ0v) is 29.1. The minimum atomic E-state index is 0.650. The minimum absolute atomic E-state index is 0.650. The molecule has 0 bridgehead atoms. The Bertz CT molecular complexity index is 2910. The fourth-order valence-electron chi connectivity index (χ4n) is 7.48. The third kappa shape index (κ3) is 5.65. The Labute approximate surface area is 312 Å².